The van der Waals surface area contributed by atoms with E-state index in [2.05, 4.69) is 15.0 Å². The fourth-order valence-electron chi connectivity index (χ4n) is 2.25. The van der Waals surface area contributed by atoms with Crippen molar-refractivity contribution >= 4 is 5.91 Å². The Morgan fingerprint density at radius 3 is 2.38 bits per heavy atom. The van der Waals surface area contributed by atoms with Crippen LogP contribution in [0.25, 0.3) is 0 Å². The number of nitrogens with one attached hydrogen (secondary N) is 1. The average molecular weight is 368 g/mol. The monoisotopic (exact) mass is 368 g/mol. The number of carbonyl (C=O) groups excluding carboxylic acids is 1. The number of benzene rings is 1. The third-order valence-corrected chi connectivity index (χ3v) is 3.61. The molecule has 0 saturated heterocycles. The molecule has 2 aromatic rings. The predicted octanol–water partition coefficient (Wildman–Crippen LogP) is 3.91. The van der Waals surface area contributed by atoms with Crippen LogP contribution in [-0.4, -0.2) is 30.8 Å². The van der Waals surface area contributed by atoms with E-state index in [-0.39, 0.29) is 23.4 Å². The van der Waals surface area contributed by atoms with Gasteiger partial charge in [0, 0.05) is 12.3 Å². The molecule has 5 nitrogen and oxygen atoms in total. The molecular weight excluding hydrogens is 349 g/mol. The van der Waals surface area contributed by atoms with Gasteiger partial charge in [0.15, 0.2) is 6.61 Å². The van der Waals surface area contributed by atoms with Crippen LogP contribution in [0.1, 0.15) is 35.3 Å². The Bertz CT molecular complexity index is 716. The molecule has 0 aliphatic carbocycles. The van der Waals surface area contributed by atoms with E-state index in [1.807, 2.05) is 19.1 Å². The Kier molecular flexibility index (Phi) is 6.43. The first-order chi connectivity index (χ1) is 12.3. The SMILES string of the molecule is CCC(NC(=O)c1ccc(OCC(F)(F)F)nc1)c1ccc(OC)cc1. The zero-order valence-corrected chi connectivity index (χ0v) is 14.3. The van der Waals surface area contributed by atoms with Crippen LogP contribution in [0, 0.1) is 0 Å². The third kappa shape index (κ3) is 5.65. The Labute approximate surface area is 149 Å². The van der Waals surface area contributed by atoms with Crippen molar-refractivity contribution in [1.82, 2.24) is 10.3 Å². The highest BCUT2D eigenvalue weighted by atomic mass is 19.4. The number of ether oxygens (including phenoxy) is 2. The molecule has 26 heavy (non-hydrogen) atoms. The van der Waals surface area contributed by atoms with Crippen LogP contribution in [0.3, 0.4) is 0 Å². The number of amides is 1. The largest absolute Gasteiger partial charge is 0.497 e. The first kappa shape index (κ1) is 19.6. The van der Waals surface area contributed by atoms with E-state index in [1.165, 1.54) is 18.3 Å². The van der Waals surface area contributed by atoms with Crippen LogP contribution in [-0.2, 0) is 0 Å². The fraction of sp³-hybridized carbons (Fsp3) is 0.333. The number of hydrogen-bond acceptors (Lipinski definition) is 4. The molecule has 0 bridgehead atoms. The number of pyridine rings is 1. The van der Waals surface area contributed by atoms with Crippen molar-refractivity contribution in [2.75, 3.05) is 13.7 Å². The van der Waals surface area contributed by atoms with Gasteiger partial charge in [0.1, 0.15) is 5.75 Å². The number of alkyl halides is 3. The van der Waals surface area contributed by atoms with Gasteiger partial charge in [-0.3, -0.25) is 4.79 Å². The Morgan fingerprint density at radius 2 is 1.88 bits per heavy atom. The zero-order chi connectivity index (χ0) is 19.2. The number of carbonyl (C=O) groups is 1. The summed E-state index contributed by atoms with van der Waals surface area (Å²) in [6, 6.07) is 9.72. The van der Waals surface area contributed by atoms with Gasteiger partial charge in [-0.2, -0.15) is 13.2 Å². The zero-order valence-electron chi connectivity index (χ0n) is 14.3. The maximum Gasteiger partial charge on any atom is 0.422 e. The molecule has 0 spiro atoms. The number of rotatable bonds is 7. The molecule has 1 amide bonds. The third-order valence-electron chi connectivity index (χ3n) is 3.61. The second-order valence-corrected chi connectivity index (χ2v) is 5.50. The van der Waals surface area contributed by atoms with Gasteiger partial charge in [0.25, 0.3) is 5.91 Å². The maximum atomic E-state index is 12.3. The highest BCUT2D eigenvalue weighted by Crippen LogP contribution is 2.21. The smallest absolute Gasteiger partial charge is 0.422 e. The van der Waals surface area contributed by atoms with Crippen molar-refractivity contribution in [3.05, 3.63) is 53.7 Å². The van der Waals surface area contributed by atoms with Gasteiger partial charge < -0.3 is 14.8 Å². The first-order valence-electron chi connectivity index (χ1n) is 7.93. The number of hydrogen-bond donors (Lipinski definition) is 1. The molecule has 8 heteroatoms. The number of methoxy groups -OCH3 is 1. The van der Waals surface area contributed by atoms with E-state index in [4.69, 9.17) is 4.74 Å². The van der Waals surface area contributed by atoms with Crippen molar-refractivity contribution in [2.24, 2.45) is 0 Å². The van der Waals surface area contributed by atoms with Crippen molar-refractivity contribution in [2.45, 2.75) is 25.6 Å². The number of nitrogens with zero attached hydrogens (tertiary/aromatic N) is 1. The summed E-state index contributed by atoms with van der Waals surface area (Å²) in [5.74, 6) is 0.150. The molecule has 2 rings (SSSR count). The lowest BCUT2D eigenvalue weighted by Crippen LogP contribution is -2.28. The second kappa shape index (κ2) is 8.55. The molecule has 1 aromatic carbocycles. The van der Waals surface area contributed by atoms with E-state index in [1.54, 1.807) is 19.2 Å². The summed E-state index contributed by atoms with van der Waals surface area (Å²) in [6.45, 7) is 0.502. The molecular formula is C18H19F3N2O3. The lowest BCUT2D eigenvalue weighted by Gasteiger charge is -2.18. The van der Waals surface area contributed by atoms with Crippen LogP contribution < -0.4 is 14.8 Å². The van der Waals surface area contributed by atoms with Gasteiger partial charge >= 0.3 is 6.18 Å². The lowest BCUT2D eigenvalue weighted by atomic mass is 10.0. The molecule has 1 heterocycles. The quantitative estimate of drug-likeness (QED) is 0.805. The predicted molar refractivity (Wildman–Crippen MR) is 89.3 cm³/mol. The summed E-state index contributed by atoms with van der Waals surface area (Å²) in [5, 5.41) is 2.87. The second-order valence-electron chi connectivity index (χ2n) is 5.50. The highest BCUT2D eigenvalue weighted by Gasteiger charge is 2.28. The molecule has 0 aliphatic rings. The minimum atomic E-state index is -4.44. The van der Waals surface area contributed by atoms with E-state index in [0.29, 0.717) is 12.2 Å². The van der Waals surface area contributed by atoms with Crippen molar-refractivity contribution < 1.29 is 27.4 Å². The Balaban J connectivity index is 2.00. The van der Waals surface area contributed by atoms with Gasteiger partial charge in [-0.25, -0.2) is 4.98 Å². The summed E-state index contributed by atoms with van der Waals surface area (Å²) in [7, 11) is 1.57. The van der Waals surface area contributed by atoms with Crippen LogP contribution in [0.2, 0.25) is 0 Å². The van der Waals surface area contributed by atoms with Crippen molar-refractivity contribution in [1.29, 1.82) is 0 Å². The number of aromatic nitrogens is 1. The van der Waals surface area contributed by atoms with Gasteiger partial charge in [0.05, 0.1) is 18.7 Å². The van der Waals surface area contributed by atoms with Gasteiger partial charge in [-0.1, -0.05) is 19.1 Å². The Morgan fingerprint density at radius 1 is 1.19 bits per heavy atom. The van der Waals surface area contributed by atoms with Crippen molar-refractivity contribution in [3.63, 3.8) is 0 Å². The summed E-state index contributed by atoms with van der Waals surface area (Å²) < 4.78 is 46.0. The molecule has 0 radical (unpaired) electrons. The maximum absolute atomic E-state index is 12.3. The first-order valence-corrected chi connectivity index (χ1v) is 7.93. The molecule has 1 unspecified atom stereocenters. The molecule has 1 N–H and O–H groups in total. The topological polar surface area (TPSA) is 60.5 Å². The molecule has 0 aliphatic heterocycles. The molecule has 1 aromatic heterocycles. The summed E-state index contributed by atoms with van der Waals surface area (Å²) in [4.78, 5) is 16.1. The minimum Gasteiger partial charge on any atom is -0.497 e. The fourth-order valence-corrected chi connectivity index (χ4v) is 2.25. The summed E-state index contributed by atoms with van der Waals surface area (Å²) >= 11 is 0. The van der Waals surface area contributed by atoms with E-state index in [9.17, 15) is 18.0 Å². The number of halogens is 3. The highest BCUT2D eigenvalue weighted by molar-refractivity contribution is 5.94. The van der Waals surface area contributed by atoms with Gasteiger partial charge in [-0.15, -0.1) is 0 Å². The van der Waals surface area contributed by atoms with Crippen molar-refractivity contribution in [3.8, 4) is 11.6 Å². The molecule has 140 valence electrons. The molecule has 0 fully saturated rings. The van der Waals surface area contributed by atoms with E-state index >= 15 is 0 Å². The van der Waals surface area contributed by atoms with Crippen LogP contribution in [0.4, 0.5) is 13.2 Å². The Hall–Kier alpha value is -2.77. The summed E-state index contributed by atoms with van der Waals surface area (Å²) in [5.41, 5.74) is 1.15. The van der Waals surface area contributed by atoms with Crippen LogP contribution in [0.15, 0.2) is 42.6 Å². The van der Waals surface area contributed by atoms with Gasteiger partial charge in [0.2, 0.25) is 5.88 Å². The molecule has 0 saturated carbocycles. The van der Waals surface area contributed by atoms with Gasteiger partial charge in [-0.05, 0) is 30.2 Å². The molecule has 1 atom stereocenters. The minimum absolute atomic E-state index is 0.193. The van der Waals surface area contributed by atoms with E-state index in [0.717, 1.165) is 5.56 Å². The van der Waals surface area contributed by atoms with Crippen LogP contribution >= 0.6 is 0 Å². The average Bonchev–Trinajstić information content (AvgIpc) is 2.64. The normalized spacial score (nSPS) is 12.3. The van der Waals surface area contributed by atoms with Crippen LogP contribution in [0.5, 0.6) is 11.6 Å². The van der Waals surface area contributed by atoms with E-state index < -0.39 is 12.8 Å². The standard InChI is InChI=1S/C18H19F3N2O3/c1-3-15(12-4-7-14(25-2)8-5-12)23-17(24)13-6-9-16(22-10-13)26-11-18(19,20)21/h4-10,15H,3,11H2,1-2H3,(H,23,24). The lowest BCUT2D eigenvalue weighted by molar-refractivity contribution is -0.154. The summed E-state index contributed by atoms with van der Waals surface area (Å²) in [6.07, 6.45) is -2.59.